The molecule has 1 saturated carbocycles. The molecule has 1 fully saturated rings. The fourth-order valence-electron chi connectivity index (χ4n) is 1.77. The van der Waals surface area contributed by atoms with Crippen molar-refractivity contribution >= 4 is 0 Å². The largest absolute Gasteiger partial charge is 0.354 e. The molecule has 0 bridgehead atoms. The van der Waals surface area contributed by atoms with E-state index in [0.717, 1.165) is 12.3 Å². The van der Waals surface area contributed by atoms with Crippen LogP contribution < -0.4 is 11.3 Å². The molecule has 1 atom stereocenters. The third-order valence-corrected chi connectivity index (χ3v) is 2.82. The SMILES string of the molecule is COC(OC)C(CC1CCC1)NN. The van der Waals surface area contributed by atoms with Crippen molar-refractivity contribution in [3.63, 3.8) is 0 Å². The number of nitrogens with two attached hydrogens (primary N) is 1. The Labute approximate surface area is 79.7 Å². The molecule has 0 aromatic rings. The Morgan fingerprint density at radius 3 is 2.31 bits per heavy atom. The quantitative estimate of drug-likeness (QED) is 0.364. The van der Waals surface area contributed by atoms with Gasteiger partial charge in [0.2, 0.25) is 0 Å². The maximum Gasteiger partial charge on any atom is 0.173 e. The van der Waals surface area contributed by atoms with Crippen LogP contribution in [0, 0.1) is 5.92 Å². The Balaban J connectivity index is 2.30. The van der Waals surface area contributed by atoms with Crippen molar-refractivity contribution in [3.8, 4) is 0 Å². The van der Waals surface area contributed by atoms with Crippen LogP contribution in [0.25, 0.3) is 0 Å². The molecule has 0 aromatic heterocycles. The average Bonchev–Trinajstić information content (AvgIpc) is 2.09. The molecule has 0 spiro atoms. The molecule has 0 radical (unpaired) electrons. The van der Waals surface area contributed by atoms with E-state index in [9.17, 15) is 0 Å². The van der Waals surface area contributed by atoms with Crippen molar-refractivity contribution in [2.45, 2.75) is 38.0 Å². The minimum atomic E-state index is -0.231. The van der Waals surface area contributed by atoms with Gasteiger partial charge >= 0.3 is 0 Å². The molecule has 0 aliphatic heterocycles. The van der Waals surface area contributed by atoms with Gasteiger partial charge in [-0.25, -0.2) is 0 Å². The lowest BCUT2D eigenvalue weighted by atomic mass is 9.81. The van der Waals surface area contributed by atoms with Crippen molar-refractivity contribution in [1.29, 1.82) is 0 Å². The van der Waals surface area contributed by atoms with Gasteiger partial charge in [-0.1, -0.05) is 19.3 Å². The molecule has 0 amide bonds. The van der Waals surface area contributed by atoms with Crippen molar-refractivity contribution in [1.82, 2.24) is 5.43 Å². The topological polar surface area (TPSA) is 56.5 Å². The van der Waals surface area contributed by atoms with Crippen molar-refractivity contribution in [2.24, 2.45) is 11.8 Å². The third kappa shape index (κ3) is 2.91. The summed E-state index contributed by atoms with van der Waals surface area (Å²) < 4.78 is 10.3. The molecular formula is C9H20N2O2. The van der Waals surface area contributed by atoms with E-state index in [0.29, 0.717) is 0 Å². The third-order valence-electron chi connectivity index (χ3n) is 2.82. The smallest absolute Gasteiger partial charge is 0.173 e. The van der Waals surface area contributed by atoms with Crippen LogP contribution in [0.3, 0.4) is 0 Å². The summed E-state index contributed by atoms with van der Waals surface area (Å²) in [5.41, 5.74) is 2.75. The summed E-state index contributed by atoms with van der Waals surface area (Å²) in [7, 11) is 3.28. The van der Waals surface area contributed by atoms with Gasteiger partial charge in [0.25, 0.3) is 0 Å². The summed E-state index contributed by atoms with van der Waals surface area (Å²) in [4.78, 5) is 0. The molecule has 1 aliphatic carbocycles. The number of nitrogens with one attached hydrogen (secondary N) is 1. The van der Waals surface area contributed by atoms with E-state index in [1.165, 1.54) is 19.3 Å². The number of ether oxygens (including phenoxy) is 2. The highest BCUT2D eigenvalue weighted by Gasteiger charge is 2.26. The van der Waals surface area contributed by atoms with Crippen molar-refractivity contribution < 1.29 is 9.47 Å². The van der Waals surface area contributed by atoms with Gasteiger partial charge in [-0.2, -0.15) is 0 Å². The van der Waals surface area contributed by atoms with E-state index >= 15 is 0 Å². The Morgan fingerprint density at radius 1 is 1.38 bits per heavy atom. The molecular weight excluding hydrogens is 168 g/mol. The van der Waals surface area contributed by atoms with E-state index in [-0.39, 0.29) is 12.3 Å². The zero-order chi connectivity index (χ0) is 9.68. The summed E-state index contributed by atoms with van der Waals surface area (Å²) in [6.07, 6.45) is 4.80. The van der Waals surface area contributed by atoms with Crippen LogP contribution >= 0.6 is 0 Å². The number of hydrogen-bond donors (Lipinski definition) is 2. The number of hydrogen-bond acceptors (Lipinski definition) is 4. The van der Waals surface area contributed by atoms with Crippen LogP contribution in [-0.4, -0.2) is 26.6 Å². The summed E-state index contributed by atoms with van der Waals surface area (Å²) in [6, 6.07) is 0.111. The summed E-state index contributed by atoms with van der Waals surface area (Å²) in [5.74, 6) is 6.24. The Bertz CT molecular complexity index is 136. The van der Waals surface area contributed by atoms with Gasteiger partial charge in [0.15, 0.2) is 6.29 Å². The average molecular weight is 188 g/mol. The number of rotatable bonds is 6. The van der Waals surface area contributed by atoms with Crippen LogP contribution in [0.2, 0.25) is 0 Å². The first-order chi connectivity index (χ1) is 6.31. The normalized spacial score (nSPS) is 20.3. The Hall–Kier alpha value is -0.160. The number of hydrazine groups is 1. The maximum absolute atomic E-state index is 5.44. The van der Waals surface area contributed by atoms with Gasteiger partial charge in [0, 0.05) is 14.2 Å². The lowest BCUT2D eigenvalue weighted by molar-refractivity contribution is -0.127. The minimum absolute atomic E-state index is 0.111. The van der Waals surface area contributed by atoms with E-state index < -0.39 is 0 Å². The molecule has 1 unspecified atom stereocenters. The lowest BCUT2D eigenvalue weighted by Crippen LogP contribution is -2.47. The van der Waals surface area contributed by atoms with Crippen LogP contribution in [0.5, 0.6) is 0 Å². The second-order valence-electron chi connectivity index (χ2n) is 3.65. The van der Waals surface area contributed by atoms with Crippen LogP contribution in [0.15, 0.2) is 0 Å². The maximum atomic E-state index is 5.44. The highest BCUT2D eigenvalue weighted by atomic mass is 16.7. The van der Waals surface area contributed by atoms with Gasteiger partial charge < -0.3 is 9.47 Å². The van der Waals surface area contributed by atoms with Crippen LogP contribution in [0.4, 0.5) is 0 Å². The molecule has 0 aromatic carbocycles. The standard InChI is InChI=1S/C9H20N2O2/c1-12-9(13-2)8(11-10)6-7-4-3-5-7/h7-9,11H,3-6,10H2,1-2H3. The molecule has 1 rings (SSSR count). The van der Waals surface area contributed by atoms with Crippen molar-refractivity contribution in [2.75, 3.05) is 14.2 Å². The summed E-state index contributed by atoms with van der Waals surface area (Å²) >= 11 is 0. The van der Waals surface area contributed by atoms with Gasteiger partial charge in [-0.15, -0.1) is 0 Å². The predicted molar refractivity (Wildman–Crippen MR) is 50.9 cm³/mol. The molecule has 0 heterocycles. The van der Waals surface area contributed by atoms with E-state index in [1.807, 2.05) is 0 Å². The Morgan fingerprint density at radius 2 is 2.00 bits per heavy atom. The Kier molecular flexibility index (Phi) is 4.66. The van der Waals surface area contributed by atoms with Gasteiger partial charge in [-0.3, -0.25) is 11.3 Å². The summed E-state index contributed by atoms with van der Waals surface area (Å²) in [5, 5.41) is 0. The van der Waals surface area contributed by atoms with Crippen molar-refractivity contribution in [3.05, 3.63) is 0 Å². The van der Waals surface area contributed by atoms with E-state index in [2.05, 4.69) is 5.43 Å². The van der Waals surface area contributed by atoms with Gasteiger partial charge in [0.05, 0.1) is 6.04 Å². The number of methoxy groups -OCH3 is 2. The predicted octanol–water partition coefficient (Wildman–Crippen LogP) is 0.627. The van der Waals surface area contributed by atoms with Gasteiger partial charge in [0.1, 0.15) is 0 Å². The lowest BCUT2D eigenvalue weighted by Gasteiger charge is -2.32. The van der Waals surface area contributed by atoms with Crippen LogP contribution in [0.1, 0.15) is 25.7 Å². The van der Waals surface area contributed by atoms with E-state index in [1.54, 1.807) is 14.2 Å². The first-order valence-corrected chi connectivity index (χ1v) is 4.83. The fraction of sp³-hybridized carbons (Fsp3) is 1.00. The minimum Gasteiger partial charge on any atom is -0.354 e. The molecule has 13 heavy (non-hydrogen) atoms. The zero-order valence-electron chi connectivity index (χ0n) is 8.45. The zero-order valence-corrected chi connectivity index (χ0v) is 8.45. The van der Waals surface area contributed by atoms with Crippen LogP contribution in [-0.2, 0) is 9.47 Å². The molecule has 3 N–H and O–H groups in total. The fourth-order valence-corrected chi connectivity index (χ4v) is 1.77. The highest BCUT2D eigenvalue weighted by Crippen LogP contribution is 2.31. The molecule has 4 heteroatoms. The molecule has 0 saturated heterocycles. The molecule has 78 valence electrons. The summed E-state index contributed by atoms with van der Waals surface area (Å²) in [6.45, 7) is 0. The monoisotopic (exact) mass is 188 g/mol. The second-order valence-corrected chi connectivity index (χ2v) is 3.65. The highest BCUT2D eigenvalue weighted by molar-refractivity contribution is 4.78. The van der Waals surface area contributed by atoms with E-state index in [4.69, 9.17) is 15.3 Å². The second kappa shape index (κ2) is 5.54. The van der Waals surface area contributed by atoms with Gasteiger partial charge in [-0.05, 0) is 12.3 Å². The molecule has 1 aliphatic rings. The first-order valence-electron chi connectivity index (χ1n) is 4.83. The molecule has 4 nitrogen and oxygen atoms in total. The first kappa shape index (κ1) is 10.9.